The lowest BCUT2D eigenvalue weighted by Crippen LogP contribution is -2.30. The Morgan fingerprint density at radius 2 is 1.46 bits per heavy atom. The van der Waals surface area contributed by atoms with Crippen molar-refractivity contribution in [1.29, 1.82) is 0 Å². The van der Waals surface area contributed by atoms with Crippen LogP contribution in [0, 0.1) is 13.8 Å². The number of ketones is 1. The number of carbonyl (C=O) groups excluding carboxylic acids is 3. The molecule has 0 aliphatic heterocycles. The highest BCUT2D eigenvalue weighted by Crippen LogP contribution is 2.21. The molecule has 35 heavy (non-hydrogen) atoms. The molecule has 3 aromatic rings. The van der Waals surface area contributed by atoms with Crippen molar-refractivity contribution in [2.24, 2.45) is 0 Å². The molecule has 0 heterocycles. The van der Waals surface area contributed by atoms with E-state index in [2.05, 4.69) is 10.0 Å². The first-order chi connectivity index (χ1) is 16.5. The van der Waals surface area contributed by atoms with Gasteiger partial charge in [0.1, 0.15) is 0 Å². The Labute approximate surface area is 204 Å². The Bertz CT molecular complexity index is 1360. The Hall–Kier alpha value is -3.98. The van der Waals surface area contributed by atoms with Crippen molar-refractivity contribution in [3.05, 3.63) is 89.0 Å². The summed E-state index contributed by atoms with van der Waals surface area (Å²) in [6, 6.07) is 17.3. The molecular weight excluding hydrogens is 468 g/mol. The number of rotatable bonds is 8. The van der Waals surface area contributed by atoms with Crippen LogP contribution >= 0.6 is 0 Å². The van der Waals surface area contributed by atoms with E-state index in [4.69, 9.17) is 4.74 Å². The van der Waals surface area contributed by atoms with Gasteiger partial charge in [0, 0.05) is 16.9 Å². The number of hydrogen-bond donors (Lipinski definition) is 2. The Morgan fingerprint density at radius 3 is 2.06 bits per heavy atom. The average Bonchev–Trinajstić information content (AvgIpc) is 2.80. The number of nitrogens with one attached hydrogen (secondary N) is 2. The SMILES string of the molecule is CC(=O)c1ccc(NC(=O)C(C)OC(=O)c2cc(S(=O)(=O)Nc3ccc(C)cc3)ccc2C)cc1. The second-order valence-electron chi connectivity index (χ2n) is 8.12. The van der Waals surface area contributed by atoms with Gasteiger partial charge < -0.3 is 10.1 Å². The van der Waals surface area contributed by atoms with Crippen LogP contribution in [0.15, 0.2) is 71.6 Å². The average molecular weight is 495 g/mol. The molecule has 3 rings (SSSR count). The van der Waals surface area contributed by atoms with Gasteiger partial charge in [-0.25, -0.2) is 13.2 Å². The minimum atomic E-state index is -3.96. The molecule has 0 radical (unpaired) electrons. The summed E-state index contributed by atoms with van der Waals surface area (Å²) in [5.41, 5.74) is 2.85. The predicted octanol–water partition coefficient (Wildman–Crippen LogP) is 4.49. The molecule has 9 heteroatoms. The molecular formula is C26H26N2O6S. The molecule has 0 saturated heterocycles. The van der Waals surface area contributed by atoms with Crippen molar-refractivity contribution in [3.8, 4) is 0 Å². The van der Waals surface area contributed by atoms with Crippen molar-refractivity contribution < 1.29 is 27.5 Å². The number of esters is 1. The molecule has 0 bridgehead atoms. The van der Waals surface area contributed by atoms with E-state index in [0.717, 1.165) is 5.56 Å². The quantitative estimate of drug-likeness (QED) is 0.352. The molecule has 0 spiro atoms. The summed E-state index contributed by atoms with van der Waals surface area (Å²) in [5, 5.41) is 2.61. The zero-order chi connectivity index (χ0) is 25.8. The maximum Gasteiger partial charge on any atom is 0.339 e. The van der Waals surface area contributed by atoms with Gasteiger partial charge in [0.15, 0.2) is 11.9 Å². The van der Waals surface area contributed by atoms with Gasteiger partial charge in [-0.2, -0.15) is 0 Å². The lowest BCUT2D eigenvalue weighted by molar-refractivity contribution is -0.123. The van der Waals surface area contributed by atoms with Gasteiger partial charge in [-0.05, 0) is 81.8 Å². The predicted molar refractivity (Wildman–Crippen MR) is 133 cm³/mol. The molecule has 1 atom stereocenters. The zero-order valence-electron chi connectivity index (χ0n) is 19.8. The van der Waals surface area contributed by atoms with Crippen LogP contribution < -0.4 is 10.0 Å². The maximum absolute atomic E-state index is 12.8. The number of hydrogen-bond acceptors (Lipinski definition) is 6. The monoisotopic (exact) mass is 494 g/mol. The number of anilines is 2. The number of aryl methyl sites for hydroxylation is 2. The van der Waals surface area contributed by atoms with Crippen LogP contribution in [0.5, 0.6) is 0 Å². The number of sulfonamides is 1. The van der Waals surface area contributed by atoms with E-state index in [1.54, 1.807) is 55.5 Å². The van der Waals surface area contributed by atoms with Gasteiger partial charge in [0.2, 0.25) is 0 Å². The van der Waals surface area contributed by atoms with Crippen LogP contribution in [0.1, 0.15) is 45.7 Å². The van der Waals surface area contributed by atoms with E-state index in [9.17, 15) is 22.8 Å². The van der Waals surface area contributed by atoms with Crippen LogP contribution in [0.2, 0.25) is 0 Å². The normalized spacial score (nSPS) is 11.9. The fourth-order valence-electron chi connectivity index (χ4n) is 3.13. The lowest BCUT2D eigenvalue weighted by atomic mass is 10.1. The maximum atomic E-state index is 12.8. The topological polar surface area (TPSA) is 119 Å². The molecule has 0 aliphatic carbocycles. The highest BCUT2D eigenvalue weighted by atomic mass is 32.2. The van der Waals surface area contributed by atoms with Crippen LogP contribution in [0.3, 0.4) is 0 Å². The molecule has 1 unspecified atom stereocenters. The summed E-state index contributed by atoms with van der Waals surface area (Å²) >= 11 is 0. The van der Waals surface area contributed by atoms with Crippen molar-refractivity contribution in [2.45, 2.75) is 38.7 Å². The minimum Gasteiger partial charge on any atom is -0.449 e. The summed E-state index contributed by atoms with van der Waals surface area (Å²) in [4.78, 5) is 36.5. The largest absolute Gasteiger partial charge is 0.449 e. The third-order valence-electron chi connectivity index (χ3n) is 5.26. The Balaban J connectivity index is 1.71. The van der Waals surface area contributed by atoms with Gasteiger partial charge in [0.25, 0.3) is 15.9 Å². The summed E-state index contributed by atoms with van der Waals surface area (Å²) < 4.78 is 33.4. The highest BCUT2D eigenvalue weighted by Gasteiger charge is 2.23. The molecule has 182 valence electrons. The number of amides is 1. The van der Waals surface area contributed by atoms with Gasteiger partial charge in [-0.3, -0.25) is 14.3 Å². The van der Waals surface area contributed by atoms with Crippen molar-refractivity contribution in [3.63, 3.8) is 0 Å². The fraction of sp³-hybridized carbons (Fsp3) is 0.192. The third-order valence-corrected chi connectivity index (χ3v) is 6.63. The molecule has 2 N–H and O–H groups in total. The smallest absolute Gasteiger partial charge is 0.339 e. The van der Waals surface area contributed by atoms with Crippen molar-refractivity contribution in [1.82, 2.24) is 0 Å². The van der Waals surface area contributed by atoms with E-state index in [1.807, 2.05) is 6.92 Å². The van der Waals surface area contributed by atoms with Crippen LogP contribution in [-0.4, -0.2) is 32.2 Å². The van der Waals surface area contributed by atoms with Crippen LogP contribution in [0.25, 0.3) is 0 Å². The van der Waals surface area contributed by atoms with E-state index in [0.29, 0.717) is 22.5 Å². The fourth-order valence-corrected chi connectivity index (χ4v) is 4.22. The van der Waals surface area contributed by atoms with Crippen molar-refractivity contribution in [2.75, 3.05) is 10.0 Å². The Morgan fingerprint density at radius 1 is 0.857 bits per heavy atom. The molecule has 0 fully saturated rings. The summed E-state index contributed by atoms with van der Waals surface area (Å²) in [6.45, 7) is 6.38. The summed E-state index contributed by atoms with van der Waals surface area (Å²) in [6.07, 6.45) is -1.15. The first kappa shape index (κ1) is 25.6. The summed E-state index contributed by atoms with van der Waals surface area (Å²) in [5.74, 6) is -1.50. The van der Waals surface area contributed by atoms with Gasteiger partial charge in [0.05, 0.1) is 10.5 Å². The molecule has 0 saturated carbocycles. The van der Waals surface area contributed by atoms with Crippen LogP contribution in [0.4, 0.5) is 11.4 Å². The molecule has 0 aromatic heterocycles. The molecule has 0 aliphatic rings. The first-order valence-electron chi connectivity index (χ1n) is 10.8. The van der Waals surface area contributed by atoms with E-state index in [-0.39, 0.29) is 16.2 Å². The number of Topliss-reactive ketones (excluding diaryl/α,β-unsaturated/α-hetero) is 1. The number of benzene rings is 3. The molecule has 3 aromatic carbocycles. The number of ether oxygens (including phenoxy) is 1. The van der Waals surface area contributed by atoms with Gasteiger partial charge in [-0.15, -0.1) is 0 Å². The standard InChI is InChI=1S/C26H26N2O6S/c1-16-5-10-22(11-6-16)28-35(32,33)23-14-7-17(2)24(15-23)26(31)34-19(4)25(30)27-21-12-8-20(9-13-21)18(3)29/h5-15,19,28H,1-4H3,(H,27,30). The second-order valence-corrected chi connectivity index (χ2v) is 9.80. The van der Waals surface area contributed by atoms with Crippen molar-refractivity contribution >= 4 is 39.1 Å². The Kier molecular flexibility index (Phi) is 7.71. The molecule has 1 amide bonds. The third kappa shape index (κ3) is 6.54. The van der Waals surface area contributed by atoms with E-state index >= 15 is 0 Å². The number of carbonyl (C=O) groups is 3. The van der Waals surface area contributed by atoms with Gasteiger partial charge in [-0.1, -0.05) is 23.8 Å². The van der Waals surface area contributed by atoms with E-state index in [1.165, 1.54) is 32.0 Å². The zero-order valence-corrected chi connectivity index (χ0v) is 20.6. The second kappa shape index (κ2) is 10.5. The van der Waals surface area contributed by atoms with E-state index < -0.39 is 28.0 Å². The first-order valence-corrected chi connectivity index (χ1v) is 12.3. The highest BCUT2D eigenvalue weighted by molar-refractivity contribution is 7.92. The van der Waals surface area contributed by atoms with Crippen LogP contribution in [-0.2, 0) is 19.6 Å². The van der Waals surface area contributed by atoms with Gasteiger partial charge >= 0.3 is 5.97 Å². The minimum absolute atomic E-state index is 0.0299. The molecule has 8 nitrogen and oxygen atoms in total. The lowest BCUT2D eigenvalue weighted by Gasteiger charge is -2.15. The summed E-state index contributed by atoms with van der Waals surface area (Å²) in [7, 11) is -3.96.